The minimum Gasteiger partial charge on any atom is -0.744 e. The van der Waals surface area contributed by atoms with Crippen LogP contribution >= 0.6 is 11.6 Å². The van der Waals surface area contributed by atoms with Crippen molar-refractivity contribution in [2.75, 3.05) is 7.11 Å². The van der Waals surface area contributed by atoms with Crippen LogP contribution in [0.4, 0.5) is 0 Å². The van der Waals surface area contributed by atoms with Crippen molar-refractivity contribution in [3.05, 3.63) is 23.2 Å². The molecule has 0 heterocycles. The fourth-order valence-corrected chi connectivity index (χ4v) is 1.75. The van der Waals surface area contributed by atoms with Gasteiger partial charge < -0.3 is 9.29 Å². The molecule has 0 N–H and O–H groups in total. The van der Waals surface area contributed by atoms with Gasteiger partial charge in [0.15, 0.2) is 0 Å². The molecule has 1 aromatic carbocycles. The average Bonchev–Trinajstić information content (AvgIpc) is 2.03. The Morgan fingerprint density at radius 1 is 1.43 bits per heavy atom. The number of hydrogen-bond donors (Lipinski definition) is 0. The average molecular weight is 245 g/mol. The molecule has 0 spiro atoms. The molecule has 0 fully saturated rings. The summed E-state index contributed by atoms with van der Waals surface area (Å²) in [6.07, 6.45) is 0. The van der Waals surface area contributed by atoms with Gasteiger partial charge in [0.25, 0.3) is 0 Å². The van der Waals surface area contributed by atoms with Crippen molar-refractivity contribution in [3.63, 3.8) is 0 Å². The first-order valence-electron chi connectivity index (χ1n) is 3.24. The third kappa shape index (κ3) is 3.42. The SMILES string of the molecule is COc1ccc(Cl)cc1S(=O)(=O)[O-].[Na+]. The Kier molecular flexibility index (Phi) is 5.43. The Morgan fingerprint density at radius 2 is 2.00 bits per heavy atom. The molecule has 14 heavy (non-hydrogen) atoms. The Balaban J connectivity index is 0.00000169. The van der Waals surface area contributed by atoms with Gasteiger partial charge in [0.1, 0.15) is 15.9 Å². The molecule has 0 aromatic heterocycles. The first-order chi connectivity index (χ1) is 5.95. The number of halogens is 1. The first kappa shape index (κ1) is 14.2. The molecule has 0 radical (unpaired) electrons. The summed E-state index contributed by atoms with van der Waals surface area (Å²) in [7, 11) is -3.25. The maximum absolute atomic E-state index is 10.7. The van der Waals surface area contributed by atoms with Crippen LogP contribution in [-0.4, -0.2) is 20.1 Å². The summed E-state index contributed by atoms with van der Waals surface area (Å²) in [5.74, 6) is -0.000556. The van der Waals surface area contributed by atoms with Gasteiger partial charge in [-0.1, -0.05) is 11.6 Å². The summed E-state index contributed by atoms with van der Waals surface area (Å²) >= 11 is 5.52. The maximum atomic E-state index is 10.7. The second-order valence-corrected chi connectivity index (χ2v) is 4.03. The molecular weight excluding hydrogens is 239 g/mol. The van der Waals surface area contributed by atoms with Crippen LogP contribution < -0.4 is 34.3 Å². The van der Waals surface area contributed by atoms with Gasteiger partial charge in [-0.3, -0.25) is 0 Å². The molecule has 0 aliphatic rings. The van der Waals surface area contributed by atoms with Crippen molar-refractivity contribution in [2.24, 2.45) is 0 Å². The zero-order valence-corrected chi connectivity index (χ0v) is 11.2. The molecule has 1 rings (SSSR count). The third-order valence-corrected chi connectivity index (χ3v) is 2.49. The van der Waals surface area contributed by atoms with Gasteiger partial charge in [0.2, 0.25) is 0 Å². The molecule has 0 bridgehead atoms. The van der Waals surface area contributed by atoms with Crippen LogP contribution in [0.5, 0.6) is 5.75 Å². The predicted octanol–water partition coefficient (Wildman–Crippen LogP) is -1.74. The zero-order chi connectivity index (χ0) is 10.1. The molecule has 4 nitrogen and oxygen atoms in total. The number of methoxy groups -OCH3 is 1. The van der Waals surface area contributed by atoms with E-state index in [2.05, 4.69) is 4.74 Å². The van der Waals surface area contributed by atoms with Crippen LogP contribution in [0, 0.1) is 0 Å². The van der Waals surface area contributed by atoms with Crippen LogP contribution in [0.1, 0.15) is 0 Å². The van der Waals surface area contributed by atoms with Crippen molar-refractivity contribution in [3.8, 4) is 5.75 Å². The van der Waals surface area contributed by atoms with E-state index in [1.54, 1.807) is 0 Å². The Hall–Kier alpha value is 0.220. The topological polar surface area (TPSA) is 66.4 Å². The zero-order valence-electron chi connectivity index (χ0n) is 7.65. The van der Waals surface area contributed by atoms with E-state index >= 15 is 0 Å². The maximum Gasteiger partial charge on any atom is 1.00 e. The Bertz CT molecular complexity index is 418. The van der Waals surface area contributed by atoms with Gasteiger partial charge in [-0.15, -0.1) is 0 Å². The third-order valence-electron chi connectivity index (χ3n) is 1.40. The summed E-state index contributed by atoms with van der Waals surface area (Å²) in [5, 5.41) is 0.176. The van der Waals surface area contributed by atoms with Gasteiger partial charge in [0.05, 0.1) is 12.0 Å². The van der Waals surface area contributed by atoms with Gasteiger partial charge in [-0.2, -0.15) is 0 Å². The number of rotatable bonds is 2. The standard InChI is InChI=1S/C7H7ClO4S.Na/c1-12-6-3-2-5(8)4-7(6)13(9,10)11;/h2-4H,1H3,(H,9,10,11);/q;+1/p-1. The van der Waals surface area contributed by atoms with E-state index < -0.39 is 15.0 Å². The normalized spacial score (nSPS) is 10.5. The fraction of sp³-hybridized carbons (Fsp3) is 0.143. The largest absolute Gasteiger partial charge is 1.00 e. The van der Waals surface area contributed by atoms with Gasteiger partial charge in [0, 0.05) is 5.02 Å². The molecular formula is C7H6ClNaO4S. The Morgan fingerprint density at radius 3 is 2.43 bits per heavy atom. The van der Waals surface area contributed by atoms with Crippen LogP contribution in [0.3, 0.4) is 0 Å². The molecule has 0 saturated carbocycles. The summed E-state index contributed by atoms with van der Waals surface area (Å²) < 4.78 is 36.7. The van der Waals surface area contributed by atoms with E-state index in [1.807, 2.05) is 0 Å². The molecule has 0 atom stereocenters. The second-order valence-electron chi connectivity index (χ2n) is 2.25. The van der Waals surface area contributed by atoms with Gasteiger partial charge in [-0.25, -0.2) is 8.42 Å². The van der Waals surface area contributed by atoms with Crippen LogP contribution in [0.25, 0.3) is 0 Å². The van der Waals surface area contributed by atoms with E-state index in [1.165, 1.54) is 19.2 Å². The summed E-state index contributed by atoms with van der Waals surface area (Å²) in [4.78, 5) is -0.442. The van der Waals surface area contributed by atoms with Gasteiger partial charge >= 0.3 is 29.6 Å². The molecule has 0 aliphatic carbocycles. The monoisotopic (exact) mass is 244 g/mol. The predicted molar refractivity (Wildman–Crippen MR) is 46.0 cm³/mol. The number of benzene rings is 1. The summed E-state index contributed by atoms with van der Waals surface area (Å²) in [6.45, 7) is 0. The molecule has 0 saturated heterocycles. The van der Waals surface area contributed by atoms with Crippen LogP contribution in [-0.2, 0) is 10.1 Å². The molecule has 1 aromatic rings. The fourth-order valence-electron chi connectivity index (χ4n) is 0.846. The molecule has 0 amide bonds. The van der Waals surface area contributed by atoms with Crippen molar-refractivity contribution < 1.29 is 47.3 Å². The minimum atomic E-state index is -4.53. The minimum absolute atomic E-state index is 0. The van der Waals surface area contributed by atoms with Crippen LogP contribution in [0.15, 0.2) is 23.1 Å². The number of ether oxygens (including phenoxy) is 1. The Labute approximate surface area is 109 Å². The molecule has 72 valence electrons. The quantitative estimate of drug-likeness (QED) is 0.457. The van der Waals surface area contributed by atoms with Crippen molar-refractivity contribution in [2.45, 2.75) is 4.90 Å². The van der Waals surface area contributed by atoms with E-state index in [4.69, 9.17) is 11.6 Å². The van der Waals surface area contributed by atoms with E-state index in [9.17, 15) is 13.0 Å². The number of hydrogen-bond acceptors (Lipinski definition) is 4. The van der Waals surface area contributed by atoms with Crippen molar-refractivity contribution in [1.82, 2.24) is 0 Å². The van der Waals surface area contributed by atoms with Crippen LogP contribution in [0.2, 0.25) is 5.02 Å². The van der Waals surface area contributed by atoms with Gasteiger partial charge in [-0.05, 0) is 18.2 Å². The summed E-state index contributed by atoms with van der Waals surface area (Å²) in [5.41, 5.74) is 0. The van der Waals surface area contributed by atoms with E-state index in [0.717, 1.165) is 6.07 Å². The first-order valence-corrected chi connectivity index (χ1v) is 5.03. The van der Waals surface area contributed by atoms with E-state index in [0.29, 0.717) is 0 Å². The van der Waals surface area contributed by atoms with Crippen molar-refractivity contribution >= 4 is 21.7 Å². The summed E-state index contributed by atoms with van der Waals surface area (Å²) in [6, 6.07) is 3.82. The molecule has 0 unspecified atom stereocenters. The smallest absolute Gasteiger partial charge is 0.744 e. The molecule has 7 heteroatoms. The van der Waals surface area contributed by atoms with E-state index in [-0.39, 0.29) is 40.3 Å². The van der Waals surface area contributed by atoms with Crippen molar-refractivity contribution in [1.29, 1.82) is 0 Å². The molecule has 0 aliphatic heterocycles. The second kappa shape index (κ2) is 5.34.